The quantitative estimate of drug-likeness (QED) is 0.244. The topological polar surface area (TPSA) is 220 Å². The molecule has 1 fully saturated rings. The molecule has 0 bridgehead atoms. The minimum atomic E-state index is -3.44. The molecule has 9 N–H and O–H groups in total. The highest BCUT2D eigenvalue weighted by Gasteiger charge is 2.68. The van der Waals surface area contributed by atoms with Crippen molar-refractivity contribution in [2.45, 2.75) is 30.2 Å². The predicted molar refractivity (Wildman–Crippen MR) is 69.0 cm³/mol. The Morgan fingerprint density at radius 2 is 1.96 bits per heavy atom. The molecule has 0 aliphatic carbocycles. The van der Waals surface area contributed by atoms with E-state index in [1.165, 1.54) is 0 Å². The Kier molecular flexibility index (Phi) is 3.21. The number of nitrogen functional groups attached to an aromatic ring is 1. The fourth-order valence-electron chi connectivity index (χ4n) is 2.37. The third kappa shape index (κ3) is 2.03. The molecule has 1 aliphatic heterocycles. The van der Waals surface area contributed by atoms with Crippen molar-refractivity contribution in [1.29, 1.82) is 0 Å². The van der Waals surface area contributed by atoms with Crippen LogP contribution in [0.2, 0.25) is 0 Å². The first kappa shape index (κ1) is 15.8. The van der Waals surface area contributed by atoms with Crippen LogP contribution < -0.4 is 11.3 Å². The van der Waals surface area contributed by atoms with Crippen molar-refractivity contribution in [1.82, 2.24) is 19.5 Å². The summed E-state index contributed by atoms with van der Waals surface area (Å²) in [6.07, 6.45) is -5.67. The number of hydrogen-bond acceptors (Lipinski definition) is 11. The molecule has 126 valence electrons. The summed E-state index contributed by atoms with van der Waals surface area (Å²) in [7, 11) is 0. The number of nitrogens with two attached hydrogens (primary N) is 1. The lowest BCUT2D eigenvalue weighted by molar-refractivity contribution is -0.363. The van der Waals surface area contributed by atoms with Gasteiger partial charge in [0.05, 0.1) is 6.33 Å². The Bertz CT molecular complexity index is 811. The predicted octanol–water partition coefficient (Wildman–Crippen LogP) is -4.73. The minimum absolute atomic E-state index is 0.229. The summed E-state index contributed by atoms with van der Waals surface area (Å²) >= 11 is 0. The van der Waals surface area contributed by atoms with Crippen molar-refractivity contribution in [3.63, 3.8) is 0 Å². The van der Waals surface area contributed by atoms with Crippen LogP contribution in [0.1, 0.15) is 6.23 Å². The van der Waals surface area contributed by atoms with E-state index < -0.39 is 35.8 Å². The second-order valence-corrected chi connectivity index (χ2v) is 5.05. The third-order valence-corrected chi connectivity index (χ3v) is 3.53. The Hall–Kier alpha value is -2.13. The van der Waals surface area contributed by atoms with E-state index in [0.717, 1.165) is 10.9 Å². The van der Waals surface area contributed by atoms with Crippen molar-refractivity contribution in [3.05, 3.63) is 16.7 Å². The van der Waals surface area contributed by atoms with E-state index in [2.05, 4.69) is 15.0 Å². The Morgan fingerprint density at radius 1 is 1.30 bits per heavy atom. The molecule has 0 radical (unpaired) electrons. The molecule has 13 heteroatoms. The number of hydrogen-bond donors (Lipinski definition) is 8. The van der Waals surface area contributed by atoms with E-state index in [1.54, 1.807) is 0 Å². The molecule has 2 atom stereocenters. The molecule has 2 aromatic rings. The van der Waals surface area contributed by atoms with Crippen molar-refractivity contribution < 1.29 is 35.4 Å². The lowest BCUT2D eigenvalue weighted by Gasteiger charge is -2.32. The number of anilines is 1. The number of aliphatic hydroxyl groups excluding tert-OH is 1. The van der Waals surface area contributed by atoms with Gasteiger partial charge in [0.15, 0.2) is 29.8 Å². The lowest BCUT2D eigenvalue weighted by atomic mass is 10.0. The number of aromatic nitrogens is 4. The largest absolute Gasteiger partial charge is 0.369 e. The van der Waals surface area contributed by atoms with Crippen LogP contribution in [0.5, 0.6) is 0 Å². The number of H-pyrrole nitrogens is 1. The van der Waals surface area contributed by atoms with Crippen molar-refractivity contribution >= 4 is 17.1 Å². The molecule has 0 amide bonds. The third-order valence-electron chi connectivity index (χ3n) is 3.53. The molecular weight excluding hydrogens is 318 g/mol. The second-order valence-electron chi connectivity index (χ2n) is 5.05. The smallest absolute Gasteiger partial charge is 0.280 e. The molecule has 3 heterocycles. The van der Waals surface area contributed by atoms with E-state index >= 15 is 0 Å². The first-order valence-corrected chi connectivity index (χ1v) is 6.20. The zero-order chi connectivity index (χ0) is 17.2. The maximum absolute atomic E-state index is 11.7. The highest BCUT2D eigenvalue weighted by Crippen LogP contribution is 2.44. The summed E-state index contributed by atoms with van der Waals surface area (Å²) in [5.74, 6) is -7.12. The number of nitrogens with one attached hydrogen (secondary N) is 1. The number of fused-ring (bicyclic) bond motifs is 1. The number of aromatic amines is 1. The first-order chi connectivity index (χ1) is 10.6. The van der Waals surface area contributed by atoms with Gasteiger partial charge in [-0.3, -0.25) is 14.3 Å². The zero-order valence-electron chi connectivity index (χ0n) is 11.2. The molecule has 0 aromatic carbocycles. The van der Waals surface area contributed by atoms with E-state index in [4.69, 9.17) is 20.7 Å². The van der Waals surface area contributed by atoms with Gasteiger partial charge in [-0.05, 0) is 0 Å². The average Bonchev–Trinajstić information content (AvgIpc) is 2.88. The van der Waals surface area contributed by atoms with Crippen LogP contribution in [-0.2, 0) is 4.74 Å². The number of imidazole rings is 1. The number of rotatable bonds is 2. The molecule has 23 heavy (non-hydrogen) atoms. The van der Waals surface area contributed by atoms with Crippen LogP contribution in [0.25, 0.3) is 11.2 Å². The first-order valence-electron chi connectivity index (χ1n) is 6.20. The standard InChI is InChI=1S/C10H13N5O8/c11-8-13-4-2(5(16)14-8)12-1-15(4)7-10(21,22)9(19,20)3(23-7)6(17)18/h1,3,6-7,17-22H,(H3,11,13,14,16)/t3-,7-/m1/s1. The molecule has 1 aliphatic rings. The molecule has 0 spiro atoms. The van der Waals surface area contributed by atoms with Crippen molar-refractivity contribution in [2.75, 3.05) is 5.73 Å². The molecule has 1 saturated heterocycles. The van der Waals surface area contributed by atoms with E-state index in [-0.39, 0.29) is 17.1 Å². The maximum atomic E-state index is 11.7. The molecule has 2 aromatic heterocycles. The highest BCUT2D eigenvalue weighted by atomic mass is 16.7. The fraction of sp³-hybridized carbons (Fsp3) is 0.500. The zero-order valence-corrected chi connectivity index (χ0v) is 11.2. The lowest BCUT2D eigenvalue weighted by Crippen LogP contribution is -2.60. The number of nitrogens with zero attached hydrogens (tertiary/aromatic N) is 3. The monoisotopic (exact) mass is 331 g/mol. The Labute approximate surface area is 125 Å². The average molecular weight is 331 g/mol. The van der Waals surface area contributed by atoms with Crippen LogP contribution in [0, 0.1) is 0 Å². The van der Waals surface area contributed by atoms with Gasteiger partial charge in [0.25, 0.3) is 17.1 Å². The van der Waals surface area contributed by atoms with Crippen LogP contribution in [-0.4, -0.2) is 74.1 Å². The Morgan fingerprint density at radius 3 is 2.52 bits per heavy atom. The van der Waals surface area contributed by atoms with Gasteiger partial charge < -0.3 is 41.1 Å². The fourth-order valence-corrected chi connectivity index (χ4v) is 2.37. The molecule has 13 nitrogen and oxygen atoms in total. The summed E-state index contributed by atoms with van der Waals surface area (Å²) < 4.78 is 5.71. The SMILES string of the molecule is Nc1nc2c(ncn2[C@@H]2O[C@H](C(O)O)C(O)(O)C2(O)O)c(=O)[nH]1. The van der Waals surface area contributed by atoms with Gasteiger partial charge in [-0.1, -0.05) is 0 Å². The second kappa shape index (κ2) is 4.68. The van der Waals surface area contributed by atoms with E-state index in [1.807, 2.05) is 0 Å². The van der Waals surface area contributed by atoms with Gasteiger partial charge in [-0.2, -0.15) is 4.98 Å². The van der Waals surface area contributed by atoms with Gasteiger partial charge in [-0.25, -0.2) is 4.98 Å². The van der Waals surface area contributed by atoms with Crippen molar-refractivity contribution in [2.24, 2.45) is 0 Å². The highest BCUT2D eigenvalue weighted by molar-refractivity contribution is 5.70. The van der Waals surface area contributed by atoms with Gasteiger partial charge in [0.1, 0.15) is 0 Å². The minimum Gasteiger partial charge on any atom is -0.369 e. The number of ether oxygens (including phenoxy) is 1. The van der Waals surface area contributed by atoms with Gasteiger partial charge >= 0.3 is 0 Å². The molecule has 3 rings (SSSR count). The molecule has 0 unspecified atom stereocenters. The summed E-state index contributed by atoms with van der Waals surface area (Å²) in [5, 5.41) is 57.7. The van der Waals surface area contributed by atoms with E-state index in [0.29, 0.717) is 0 Å². The summed E-state index contributed by atoms with van der Waals surface area (Å²) in [6.45, 7) is 0. The van der Waals surface area contributed by atoms with Crippen LogP contribution in [0.4, 0.5) is 5.95 Å². The van der Waals surface area contributed by atoms with Crippen LogP contribution in [0.15, 0.2) is 11.1 Å². The summed E-state index contributed by atoms with van der Waals surface area (Å²) in [6, 6.07) is 0. The maximum Gasteiger partial charge on any atom is 0.280 e. The van der Waals surface area contributed by atoms with Crippen LogP contribution >= 0.6 is 0 Å². The van der Waals surface area contributed by atoms with Gasteiger partial charge in [0, 0.05) is 0 Å². The molecule has 0 saturated carbocycles. The van der Waals surface area contributed by atoms with Gasteiger partial charge in [-0.15, -0.1) is 0 Å². The summed E-state index contributed by atoms with van der Waals surface area (Å²) in [4.78, 5) is 21.3. The Balaban J connectivity index is 2.18. The van der Waals surface area contributed by atoms with Crippen LogP contribution in [0.3, 0.4) is 0 Å². The normalized spacial score (nSPS) is 26.2. The summed E-state index contributed by atoms with van der Waals surface area (Å²) in [5.41, 5.74) is 4.21. The van der Waals surface area contributed by atoms with E-state index in [9.17, 15) is 25.2 Å². The van der Waals surface area contributed by atoms with Crippen molar-refractivity contribution in [3.8, 4) is 0 Å². The van der Waals surface area contributed by atoms with Gasteiger partial charge in [0.2, 0.25) is 5.95 Å². The molecular formula is C10H13N5O8. The number of aliphatic hydroxyl groups is 6.